The molecule has 0 spiro atoms. The molecule has 0 aromatic heterocycles. The highest BCUT2D eigenvalue weighted by Gasteiger charge is 2.13. The monoisotopic (exact) mass is 208 g/mol. The van der Waals surface area contributed by atoms with E-state index < -0.39 is 6.04 Å². The van der Waals surface area contributed by atoms with Gasteiger partial charge < -0.3 is 5.32 Å². The van der Waals surface area contributed by atoms with Gasteiger partial charge in [-0.3, -0.25) is 4.79 Å². The molecule has 0 heterocycles. The first kappa shape index (κ1) is 10.6. The van der Waals surface area contributed by atoms with Crippen molar-refractivity contribution in [2.24, 2.45) is 0 Å². The fourth-order valence-electron chi connectivity index (χ4n) is 1.09. The van der Waals surface area contributed by atoms with Crippen LogP contribution in [0.15, 0.2) is 24.3 Å². The van der Waals surface area contributed by atoms with E-state index in [9.17, 15) is 4.79 Å². The maximum absolute atomic E-state index is 10.8. The Morgan fingerprint density at radius 2 is 2.21 bits per heavy atom. The van der Waals surface area contributed by atoms with Crippen LogP contribution < -0.4 is 5.32 Å². The van der Waals surface area contributed by atoms with E-state index >= 15 is 0 Å². The molecule has 1 atom stereocenters. The summed E-state index contributed by atoms with van der Waals surface area (Å²) in [4.78, 5) is 10.8. The molecule has 0 saturated heterocycles. The van der Waals surface area contributed by atoms with Crippen LogP contribution in [-0.4, -0.2) is 5.91 Å². The van der Waals surface area contributed by atoms with Crippen molar-refractivity contribution in [1.29, 1.82) is 5.26 Å². The van der Waals surface area contributed by atoms with Crippen LogP contribution >= 0.6 is 11.6 Å². The number of nitriles is 1. The second-order valence-corrected chi connectivity index (χ2v) is 3.19. The van der Waals surface area contributed by atoms with E-state index in [4.69, 9.17) is 16.9 Å². The Labute approximate surface area is 87.3 Å². The van der Waals surface area contributed by atoms with E-state index in [0.29, 0.717) is 10.6 Å². The lowest BCUT2D eigenvalue weighted by Crippen LogP contribution is -2.24. The number of rotatable bonds is 2. The number of nitrogens with one attached hydrogen (secondary N) is 1. The molecule has 1 aromatic carbocycles. The SMILES string of the molecule is CC(=O)NC(C#N)c1ccccc1Cl. The van der Waals surface area contributed by atoms with Crippen LogP contribution in [0.1, 0.15) is 18.5 Å². The Morgan fingerprint density at radius 1 is 1.57 bits per heavy atom. The van der Waals surface area contributed by atoms with Crippen LogP contribution in [0.25, 0.3) is 0 Å². The highest BCUT2D eigenvalue weighted by Crippen LogP contribution is 2.21. The first-order valence-corrected chi connectivity index (χ1v) is 4.44. The predicted molar refractivity (Wildman–Crippen MR) is 53.6 cm³/mol. The molecular formula is C10H9ClN2O. The van der Waals surface area contributed by atoms with Crippen LogP contribution in [0.4, 0.5) is 0 Å². The molecule has 0 aliphatic carbocycles. The third-order valence-electron chi connectivity index (χ3n) is 1.69. The molecule has 1 rings (SSSR count). The van der Waals surface area contributed by atoms with Crippen molar-refractivity contribution < 1.29 is 4.79 Å². The van der Waals surface area contributed by atoms with Gasteiger partial charge in [0.25, 0.3) is 0 Å². The van der Waals surface area contributed by atoms with Crippen LogP contribution in [0.5, 0.6) is 0 Å². The summed E-state index contributed by atoms with van der Waals surface area (Å²) in [6.45, 7) is 1.36. The van der Waals surface area contributed by atoms with Gasteiger partial charge in [-0.15, -0.1) is 0 Å². The van der Waals surface area contributed by atoms with Gasteiger partial charge in [-0.05, 0) is 6.07 Å². The minimum atomic E-state index is -0.679. The highest BCUT2D eigenvalue weighted by atomic mass is 35.5. The molecule has 0 radical (unpaired) electrons. The van der Waals surface area contributed by atoms with Crippen molar-refractivity contribution in [3.05, 3.63) is 34.9 Å². The zero-order valence-electron chi connectivity index (χ0n) is 7.62. The summed E-state index contributed by atoms with van der Waals surface area (Å²) < 4.78 is 0. The quantitative estimate of drug-likeness (QED) is 0.809. The van der Waals surface area contributed by atoms with Gasteiger partial charge in [-0.2, -0.15) is 5.26 Å². The molecule has 1 N–H and O–H groups in total. The normalized spacial score (nSPS) is 11.5. The standard InChI is InChI=1S/C10H9ClN2O/c1-7(14)13-10(6-12)8-4-2-3-5-9(8)11/h2-5,10H,1H3,(H,13,14). The van der Waals surface area contributed by atoms with E-state index in [1.807, 2.05) is 6.07 Å². The molecule has 1 aromatic rings. The van der Waals surface area contributed by atoms with Crippen molar-refractivity contribution in [2.75, 3.05) is 0 Å². The second-order valence-electron chi connectivity index (χ2n) is 2.78. The lowest BCUT2D eigenvalue weighted by Gasteiger charge is -2.11. The van der Waals surface area contributed by atoms with Gasteiger partial charge >= 0.3 is 0 Å². The largest absolute Gasteiger partial charge is 0.337 e. The summed E-state index contributed by atoms with van der Waals surface area (Å²) in [5.74, 6) is -0.253. The molecule has 3 nitrogen and oxygen atoms in total. The van der Waals surface area contributed by atoms with Gasteiger partial charge in [0.2, 0.25) is 5.91 Å². The Hall–Kier alpha value is -1.53. The summed E-state index contributed by atoms with van der Waals surface area (Å²) in [5.41, 5.74) is 0.617. The van der Waals surface area contributed by atoms with Crippen LogP contribution in [-0.2, 0) is 4.79 Å². The van der Waals surface area contributed by atoms with Crippen molar-refractivity contribution in [2.45, 2.75) is 13.0 Å². The topological polar surface area (TPSA) is 52.9 Å². The number of benzene rings is 1. The zero-order chi connectivity index (χ0) is 10.6. The summed E-state index contributed by atoms with van der Waals surface area (Å²) >= 11 is 5.88. The van der Waals surface area contributed by atoms with Crippen LogP contribution in [0.2, 0.25) is 5.02 Å². The number of amides is 1. The van der Waals surface area contributed by atoms with Crippen molar-refractivity contribution in [3.8, 4) is 6.07 Å². The average Bonchev–Trinajstić information content (AvgIpc) is 2.15. The maximum atomic E-state index is 10.8. The number of nitrogens with zero attached hydrogens (tertiary/aromatic N) is 1. The van der Waals surface area contributed by atoms with Crippen molar-refractivity contribution in [1.82, 2.24) is 5.32 Å². The lowest BCUT2D eigenvalue weighted by molar-refractivity contribution is -0.119. The average molecular weight is 209 g/mol. The minimum absolute atomic E-state index is 0.253. The Balaban J connectivity index is 2.96. The minimum Gasteiger partial charge on any atom is -0.337 e. The molecule has 0 saturated carbocycles. The van der Waals surface area contributed by atoms with E-state index in [1.54, 1.807) is 24.3 Å². The Morgan fingerprint density at radius 3 is 2.71 bits per heavy atom. The van der Waals surface area contributed by atoms with Crippen LogP contribution in [0.3, 0.4) is 0 Å². The molecule has 4 heteroatoms. The van der Waals surface area contributed by atoms with E-state index in [-0.39, 0.29) is 5.91 Å². The summed E-state index contributed by atoms with van der Waals surface area (Å²) in [6.07, 6.45) is 0. The molecule has 1 amide bonds. The maximum Gasteiger partial charge on any atom is 0.218 e. The number of carbonyl (C=O) groups is 1. The number of hydrogen-bond donors (Lipinski definition) is 1. The first-order chi connectivity index (χ1) is 6.65. The van der Waals surface area contributed by atoms with Gasteiger partial charge in [-0.1, -0.05) is 29.8 Å². The second kappa shape index (κ2) is 4.64. The molecule has 72 valence electrons. The third kappa shape index (κ3) is 2.48. The third-order valence-corrected chi connectivity index (χ3v) is 2.04. The van der Waals surface area contributed by atoms with Gasteiger partial charge in [-0.25, -0.2) is 0 Å². The zero-order valence-corrected chi connectivity index (χ0v) is 8.38. The molecular weight excluding hydrogens is 200 g/mol. The van der Waals surface area contributed by atoms with Gasteiger partial charge in [0.05, 0.1) is 6.07 Å². The molecule has 0 aliphatic rings. The van der Waals surface area contributed by atoms with Gasteiger partial charge in [0, 0.05) is 17.5 Å². The van der Waals surface area contributed by atoms with E-state index in [1.165, 1.54) is 6.92 Å². The number of hydrogen-bond acceptors (Lipinski definition) is 2. The van der Waals surface area contributed by atoms with Crippen molar-refractivity contribution >= 4 is 17.5 Å². The van der Waals surface area contributed by atoms with Gasteiger partial charge in [0.1, 0.15) is 6.04 Å². The summed E-state index contributed by atoms with van der Waals surface area (Å²) in [5, 5.41) is 11.8. The summed E-state index contributed by atoms with van der Waals surface area (Å²) in [6, 6.07) is 8.24. The molecule has 0 aliphatic heterocycles. The fourth-order valence-corrected chi connectivity index (χ4v) is 1.34. The van der Waals surface area contributed by atoms with E-state index in [0.717, 1.165) is 0 Å². The summed E-state index contributed by atoms with van der Waals surface area (Å²) in [7, 11) is 0. The van der Waals surface area contributed by atoms with E-state index in [2.05, 4.69) is 5.32 Å². The highest BCUT2D eigenvalue weighted by molar-refractivity contribution is 6.31. The molecule has 1 unspecified atom stereocenters. The Bertz CT molecular complexity index is 384. The number of halogens is 1. The molecule has 0 fully saturated rings. The first-order valence-electron chi connectivity index (χ1n) is 4.06. The fraction of sp³-hybridized carbons (Fsp3) is 0.200. The molecule has 14 heavy (non-hydrogen) atoms. The Kier molecular flexibility index (Phi) is 3.49. The number of carbonyl (C=O) groups excluding carboxylic acids is 1. The van der Waals surface area contributed by atoms with Crippen LogP contribution in [0, 0.1) is 11.3 Å². The van der Waals surface area contributed by atoms with Crippen molar-refractivity contribution in [3.63, 3.8) is 0 Å². The van der Waals surface area contributed by atoms with Gasteiger partial charge in [0.15, 0.2) is 0 Å². The smallest absolute Gasteiger partial charge is 0.218 e. The molecule has 0 bridgehead atoms. The predicted octanol–water partition coefficient (Wildman–Crippen LogP) is 2.04. The lowest BCUT2D eigenvalue weighted by atomic mass is 10.1.